The number of carbonyl (C=O) groups is 1. The quantitative estimate of drug-likeness (QED) is 0.712. The molecular formula is C19H22O4. The molecule has 0 saturated heterocycles. The molecule has 4 nitrogen and oxygen atoms in total. The summed E-state index contributed by atoms with van der Waals surface area (Å²) in [5.74, 6) is -0.642. The van der Waals surface area contributed by atoms with Gasteiger partial charge in [0.2, 0.25) is 0 Å². The molecule has 0 spiro atoms. The predicted molar refractivity (Wildman–Crippen MR) is 88.5 cm³/mol. The maximum absolute atomic E-state index is 11.5. The van der Waals surface area contributed by atoms with E-state index in [9.17, 15) is 9.90 Å². The Morgan fingerprint density at radius 2 is 1.61 bits per heavy atom. The maximum atomic E-state index is 11.5. The van der Waals surface area contributed by atoms with Gasteiger partial charge in [-0.15, -0.1) is 0 Å². The lowest BCUT2D eigenvalue weighted by Crippen LogP contribution is -2.25. The maximum Gasteiger partial charge on any atom is 0.309 e. The van der Waals surface area contributed by atoms with Crippen molar-refractivity contribution in [3.05, 3.63) is 66.2 Å². The molecule has 0 amide bonds. The zero-order chi connectivity index (χ0) is 16.5. The lowest BCUT2D eigenvalue weighted by molar-refractivity contribution is -0.148. The van der Waals surface area contributed by atoms with Crippen LogP contribution in [0.15, 0.2) is 60.7 Å². The average molecular weight is 314 g/mol. The summed E-state index contributed by atoms with van der Waals surface area (Å²) in [4.78, 5) is 11.5. The first-order valence-electron chi connectivity index (χ1n) is 7.79. The highest BCUT2D eigenvalue weighted by Crippen LogP contribution is 2.28. The van der Waals surface area contributed by atoms with Gasteiger partial charge in [0, 0.05) is 0 Å². The monoisotopic (exact) mass is 314 g/mol. The van der Waals surface area contributed by atoms with Crippen LogP contribution < -0.4 is 4.74 Å². The Morgan fingerprint density at radius 1 is 1.00 bits per heavy atom. The fraction of sp³-hybridized carbons (Fsp3) is 0.316. The molecule has 0 bridgehead atoms. The normalized spacial score (nSPS) is 13.3. The van der Waals surface area contributed by atoms with Crippen molar-refractivity contribution in [2.75, 3.05) is 13.2 Å². The molecule has 2 aromatic carbocycles. The van der Waals surface area contributed by atoms with Gasteiger partial charge < -0.3 is 14.6 Å². The third-order valence-electron chi connectivity index (χ3n) is 3.64. The Morgan fingerprint density at radius 3 is 2.17 bits per heavy atom. The van der Waals surface area contributed by atoms with Crippen LogP contribution in [0.2, 0.25) is 0 Å². The van der Waals surface area contributed by atoms with Crippen LogP contribution in [-0.2, 0) is 9.53 Å². The highest BCUT2D eigenvalue weighted by Gasteiger charge is 2.28. The van der Waals surface area contributed by atoms with Gasteiger partial charge in [0.1, 0.15) is 12.4 Å². The molecular weight excluding hydrogens is 292 g/mol. The van der Waals surface area contributed by atoms with E-state index in [4.69, 9.17) is 9.47 Å². The molecule has 23 heavy (non-hydrogen) atoms. The number of aliphatic carboxylic acids is 1. The van der Waals surface area contributed by atoms with Crippen LogP contribution in [0.5, 0.6) is 5.75 Å². The van der Waals surface area contributed by atoms with Gasteiger partial charge in [-0.05, 0) is 24.1 Å². The minimum Gasteiger partial charge on any atom is -0.491 e. The molecule has 0 aliphatic rings. The van der Waals surface area contributed by atoms with Gasteiger partial charge in [-0.2, -0.15) is 0 Å². The zero-order valence-corrected chi connectivity index (χ0v) is 13.2. The number of carboxylic acids is 1. The summed E-state index contributed by atoms with van der Waals surface area (Å²) < 4.78 is 11.5. The van der Waals surface area contributed by atoms with Gasteiger partial charge >= 0.3 is 5.97 Å². The van der Waals surface area contributed by atoms with Crippen LogP contribution in [0.4, 0.5) is 0 Å². The van der Waals surface area contributed by atoms with Crippen LogP contribution in [-0.4, -0.2) is 24.3 Å². The molecule has 0 heterocycles. The minimum absolute atomic E-state index is 0.332. The largest absolute Gasteiger partial charge is 0.491 e. The van der Waals surface area contributed by atoms with E-state index in [2.05, 4.69) is 0 Å². The summed E-state index contributed by atoms with van der Waals surface area (Å²) in [5.41, 5.74) is 0.876. The first-order chi connectivity index (χ1) is 11.2. The standard InChI is InChI=1S/C19H22O4/c1-2-17(19(20)21)18(15-9-5-3-6-10-15)23-14-13-22-16-11-7-4-8-12-16/h3-12,17-18H,2,13-14H2,1H3,(H,20,21). The number of hydrogen-bond acceptors (Lipinski definition) is 3. The molecule has 2 atom stereocenters. The van der Waals surface area contributed by atoms with Gasteiger partial charge in [-0.25, -0.2) is 0 Å². The van der Waals surface area contributed by atoms with Crippen molar-refractivity contribution >= 4 is 5.97 Å². The summed E-state index contributed by atoms with van der Waals surface area (Å²) in [5, 5.41) is 9.43. The predicted octanol–water partition coefficient (Wildman–Crippen LogP) is 3.93. The van der Waals surface area contributed by atoms with E-state index < -0.39 is 18.0 Å². The Hall–Kier alpha value is -2.33. The second-order valence-electron chi connectivity index (χ2n) is 5.22. The van der Waals surface area contributed by atoms with Crippen LogP contribution in [0.1, 0.15) is 25.0 Å². The number of carboxylic acid groups (broad SMARTS) is 1. The van der Waals surface area contributed by atoms with Gasteiger partial charge in [0.15, 0.2) is 0 Å². The molecule has 0 aliphatic heterocycles. The smallest absolute Gasteiger partial charge is 0.309 e. The second-order valence-corrected chi connectivity index (χ2v) is 5.22. The third-order valence-corrected chi connectivity index (χ3v) is 3.64. The second kappa shape index (κ2) is 8.96. The fourth-order valence-electron chi connectivity index (χ4n) is 2.46. The fourth-order valence-corrected chi connectivity index (χ4v) is 2.46. The van der Waals surface area contributed by atoms with E-state index in [0.29, 0.717) is 19.6 Å². The van der Waals surface area contributed by atoms with Crippen molar-refractivity contribution in [2.24, 2.45) is 5.92 Å². The van der Waals surface area contributed by atoms with Gasteiger partial charge in [-0.3, -0.25) is 4.79 Å². The van der Waals surface area contributed by atoms with E-state index in [1.807, 2.05) is 67.6 Å². The molecule has 2 aromatic rings. The molecule has 2 rings (SSSR count). The van der Waals surface area contributed by atoms with Crippen molar-refractivity contribution in [3.8, 4) is 5.75 Å². The SMILES string of the molecule is CCC(C(=O)O)C(OCCOc1ccccc1)c1ccccc1. The van der Waals surface area contributed by atoms with Crippen LogP contribution in [0.3, 0.4) is 0 Å². The number of para-hydroxylation sites is 1. The molecule has 122 valence electrons. The molecule has 0 saturated carbocycles. The van der Waals surface area contributed by atoms with Crippen molar-refractivity contribution in [3.63, 3.8) is 0 Å². The molecule has 1 N–H and O–H groups in total. The lowest BCUT2D eigenvalue weighted by Gasteiger charge is -2.24. The van der Waals surface area contributed by atoms with Crippen molar-refractivity contribution in [1.82, 2.24) is 0 Å². The summed E-state index contributed by atoms with van der Waals surface area (Å²) in [6.45, 7) is 2.57. The molecule has 0 aromatic heterocycles. The highest BCUT2D eigenvalue weighted by molar-refractivity contribution is 5.71. The van der Waals surface area contributed by atoms with Crippen molar-refractivity contribution < 1.29 is 19.4 Å². The first-order valence-corrected chi connectivity index (χ1v) is 7.79. The zero-order valence-electron chi connectivity index (χ0n) is 13.2. The molecule has 0 fully saturated rings. The lowest BCUT2D eigenvalue weighted by atomic mass is 9.93. The molecule has 0 radical (unpaired) electrons. The van der Waals surface area contributed by atoms with Crippen LogP contribution in [0.25, 0.3) is 0 Å². The topological polar surface area (TPSA) is 55.8 Å². The molecule has 2 unspecified atom stereocenters. The van der Waals surface area contributed by atoms with E-state index in [-0.39, 0.29) is 0 Å². The minimum atomic E-state index is -0.842. The number of hydrogen-bond donors (Lipinski definition) is 1. The highest BCUT2D eigenvalue weighted by atomic mass is 16.5. The molecule has 4 heteroatoms. The Labute approximate surface area is 136 Å². The summed E-state index contributed by atoms with van der Waals surface area (Å²) >= 11 is 0. The van der Waals surface area contributed by atoms with Gasteiger partial charge in [0.05, 0.1) is 18.6 Å². The van der Waals surface area contributed by atoms with Crippen LogP contribution >= 0.6 is 0 Å². The third kappa shape index (κ3) is 5.11. The van der Waals surface area contributed by atoms with Crippen molar-refractivity contribution in [2.45, 2.75) is 19.4 Å². The number of rotatable bonds is 9. The van der Waals surface area contributed by atoms with E-state index in [0.717, 1.165) is 11.3 Å². The summed E-state index contributed by atoms with van der Waals surface area (Å²) in [7, 11) is 0. The first kappa shape index (κ1) is 17.0. The summed E-state index contributed by atoms with van der Waals surface area (Å²) in [6, 6.07) is 19.0. The Kier molecular flexibility index (Phi) is 6.63. The van der Waals surface area contributed by atoms with E-state index in [1.165, 1.54) is 0 Å². The van der Waals surface area contributed by atoms with Gasteiger partial charge in [0.25, 0.3) is 0 Å². The molecule has 0 aliphatic carbocycles. The Balaban J connectivity index is 1.96. The van der Waals surface area contributed by atoms with E-state index >= 15 is 0 Å². The summed E-state index contributed by atoms with van der Waals surface area (Å²) in [6.07, 6.45) is 0.0344. The average Bonchev–Trinajstić information content (AvgIpc) is 2.59. The van der Waals surface area contributed by atoms with Crippen molar-refractivity contribution in [1.29, 1.82) is 0 Å². The van der Waals surface area contributed by atoms with E-state index in [1.54, 1.807) is 0 Å². The van der Waals surface area contributed by atoms with Crippen LogP contribution in [0, 0.1) is 5.92 Å². The number of benzene rings is 2. The van der Waals surface area contributed by atoms with Gasteiger partial charge in [-0.1, -0.05) is 55.5 Å². The Bertz CT molecular complexity index is 583. The number of ether oxygens (including phenoxy) is 2.